The average Bonchev–Trinajstić information content (AvgIpc) is 2.73. The number of amides is 1. The first kappa shape index (κ1) is 12.9. The van der Waals surface area contributed by atoms with Crippen molar-refractivity contribution < 1.29 is 4.79 Å². The smallest absolute Gasteiger partial charge is 0.230 e. The van der Waals surface area contributed by atoms with Gasteiger partial charge >= 0.3 is 0 Å². The number of hydrogen-bond acceptors (Lipinski definition) is 2. The van der Waals surface area contributed by atoms with Crippen LogP contribution in [0.3, 0.4) is 0 Å². The van der Waals surface area contributed by atoms with E-state index >= 15 is 0 Å². The summed E-state index contributed by atoms with van der Waals surface area (Å²) in [4.78, 5) is 14.8. The molecule has 0 spiro atoms. The van der Waals surface area contributed by atoms with E-state index in [1.54, 1.807) is 0 Å². The fraction of sp³-hybridized carbons (Fsp3) is 0.929. The third-order valence-corrected chi connectivity index (χ3v) is 4.68. The van der Waals surface area contributed by atoms with Gasteiger partial charge in [0.05, 0.1) is 5.41 Å². The largest absolute Gasteiger partial charge is 0.342 e. The van der Waals surface area contributed by atoms with E-state index in [1.807, 2.05) is 0 Å². The zero-order chi connectivity index (χ0) is 12.3. The molecule has 1 N–H and O–H groups in total. The molecule has 2 aliphatic rings. The van der Waals surface area contributed by atoms with Crippen LogP contribution >= 0.6 is 0 Å². The van der Waals surface area contributed by atoms with E-state index in [1.165, 1.54) is 19.3 Å². The van der Waals surface area contributed by atoms with Crippen LogP contribution in [0.25, 0.3) is 0 Å². The van der Waals surface area contributed by atoms with Crippen molar-refractivity contribution in [2.24, 2.45) is 11.3 Å². The predicted molar refractivity (Wildman–Crippen MR) is 69.8 cm³/mol. The van der Waals surface area contributed by atoms with E-state index in [0.717, 1.165) is 44.9 Å². The van der Waals surface area contributed by atoms with Gasteiger partial charge in [-0.25, -0.2) is 0 Å². The lowest BCUT2D eigenvalue weighted by molar-refractivity contribution is -0.141. The fourth-order valence-corrected chi connectivity index (χ4v) is 3.18. The second-order valence-corrected chi connectivity index (χ2v) is 5.89. The molecule has 2 fully saturated rings. The van der Waals surface area contributed by atoms with Gasteiger partial charge in [0.2, 0.25) is 5.91 Å². The van der Waals surface area contributed by atoms with E-state index in [4.69, 9.17) is 0 Å². The summed E-state index contributed by atoms with van der Waals surface area (Å²) >= 11 is 0. The van der Waals surface area contributed by atoms with Crippen LogP contribution in [0.5, 0.6) is 0 Å². The predicted octanol–water partition coefficient (Wildman–Crippen LogP) is 2.02. The van der Waals surface area contributed by atoms with Gasteiger partial charge < -0.3 is 10.2 Å². The molecule has 0 radical (unpaired) electrons. The number of carbonyl (C=O) groups is 1. The van der Waals surface area contributed by atoms with Gasteiger partial charge in [0.25, 0.3) is 0 Å². The summed E-state index contributed by atoms with van der Waals surface area (Å²) in [6.07, 6.45) is 5.64. The van der Waals surface area contributed by atoms with Crippen LogP contribution in [0.2, 0.25) is 0 Å². The van der Waals surface area contributed by atoms with Crippen LogP contribution in [-0.2, 0) is 4.79 Å². The highest BCUT2D eigenvalue weighted by Crippen LogP contribution is 2.32. The van der Waals surface area contributed by atoms with Crippen molar-refractivity contribution >= 4 is 5.91 Å². The summed E-state index contributed by atoms with van der Waals surface area (Å²) < 4.78 is 0. The quantitative estimate of drug-likeness (QED) is 0.798. The molecule has 1 amide bonds. The third-order valence-electron chi connectivity index (χ3n) is 4.68. The standard InChI is InChI=1S/C14H26N2O/c1-3-14(7-8-15-11-14)13(17)16-9-4-5-12(2)6-10-16/h12,15H,3-11H2,1-2H3. The van der Waals surface area contributed by atoms with Crippen molar-refractivity contribution in [3.8, 4) is 0 Å². The molecule has 2 heterocycles. The first-order chi connectivity index (χ1) is 8.18. The molecule has 0 saturated carbocycles. The summed E-state index contributed by atoms with van der Waals surface area (Å²) in [5.74, 6) is 1.20. The Balaban J connectivity index is 2.02. The van der Waals surface area contributed by atoms with Gasteiger partial charge in [-0.15, -0.1) is 0 Å². The van der Waals surface area contributed by atoms with Crippen LogP contribution in [0, 0.1) is 11.3 Å². The maximum Gasteiger partial charge on any atom is 0.230 e. The van der Waals surface area contributed by atoms with Crippen LogP contribution in [0.15, 0.2) is 0 Å². The normalized spacial score (nSPS) is 34.7. The molecule has 3 heteroatoms. The van der Waals surface area contributed by atoms with Gasteiger partial charge in [0, 0.05) is 19.6 Å². The average molecular weight is 238 g/mol. The molecule has 2 unspecified atom stereocenters. The van der Waals surface area contributed by atoms with E-state index < -0.39 is 0 Å². The molecule has 0 aromatic rings. The molecular weight excluding hydrogens is 212 g/mol. The second-order valence-electron chi connectivity index (χ2n) is 5.89. The molecule has 17 heavy (non-hydrogen) atoms. The van der Waals surface area contributed by atoms with Crippen LogP contribution in [0.4, 0.5) is 0 Å². The molecule has 0 aromatic carbocycles. The van der Waals surface area contributed by atoms with Crippen molar-refractivity contribution in [1.29, 1.82) is 0 Å². The van der Waals surface area contributed by atoms with E-state index in [-0.39, 0.29) is 5.41 Å². The minimum atomic E-state index is -0.0897. The number of nitrogens with zero attached hydrogens (tertiary/aromatic N) is 1. The molecule has 3 nitrogen and oxygen atoms in total. The molecule has 2 rings (SSSR count). The summed E-state index contributed by atoms with van der Waals surface area (Å²) in [6.45, 7) is 8.30. The van der Waals surface area contributed by atoms with Gasteiger partial charge in [-0.1, -0.05) is 13.8 Å². The summed E-state index contributed by atoms with van der Waals surface area (Å²) in [6, 6.07) is 0. The summed E-state index contributed by atoms with van der Waals surface area (Å²) in [5.41, 5.74) is -0.0897. The fourth-order valence-electron chi connectivity index (χ4n) is 3.18. The number of likely N-dealkylation sites (tertiary alicyclic amines) is 1. The maximum atomic E-state index is 12.7. The number of carbonyl (C=O) groups excluding carboxylic acids is 1. The molecule has 2 atom stereocenters. The Bertz CT molecular complexity index is 271. The number of hydrogen-bond donors (Lipinski definition) is 1. The molecule has 2 aliphatic heterocycles. The van der Waals surface area contributed by atoms with Gasteiger partial charge in [-0.2, -0.15) is 0 Å². The Morgan fingerprint density at radius 3 is 2.88 bits per heavy atom. The van der Waals surface area contributed by atoms with Crippen LogP contribution in [-0.4, -0.2) is 37.0 Å². The van der Waals surface area contributed by atoms with Crippen molar-refractivity contribution in [3.63, 3.8) is 0 Å². The van der Waals surface area contributed by atoms with Crippen LogP contribution < -0.4 is 5.32 Å². The first-order valence-corrected chi connectivity index (χ1v) is 7.18. The van der Waals surface area contributed by atoms with E-state index in [0.29, 0.717) is 5.91 Å². The molecule has 0 aliphatic carbocycles. The highest BCUT2D eigenvalue weighted by atomic mass is 16.2. The number of rotatable bonds is 2. The Kier molecular flexibility index (Phi) is 4.08. The van der Waals surface area contributed by atoms with Crippen molar-refractivity contribution in [2.75, 3.05) is 26.2 Å². The lowest BCUT2D eigenvalue weighted by atomic mass is 9.82. The lowest BCUT2D eigenvalue weighted by Gasteiger charge is -2.32. The van der Waals surface area contributed by atoms with Gasteiger partial charge in [-0.05, 0) is 44.6 Å². The van der Waals surface area contributed by atoms with E-state index in [9.17, 15) is 4.79 Å². The zero-order valence-corrected chi connectivity index (χ0v) is 11.3. The van der Waals surface area contributed by atoms with Crippen molar-refractivity contribution in [2.45, 2.75) is 46.0 Å². The third kappa shape index (κ3) is 2.65. The Hall–Kier alpha value is -0.570. The molecular formula is C14H26N2O. The maximum absolute atomic E-state index is 12.7. The van der Waals surface area contributed by atoms with Gasteiger partial charge in [0.15, 0.2) is 0 Å². The molecule has 2 saturated heterocycles. The van der Waals surface area contributed by atoms with Gasteiger partial charge in [0.1, 0.15) is 0 Å². The van der Waals surface area contributed by atoms with Crippen molar-refractivity contribution in [1.82, 2.24) is 10.2 Å². The molecule has 0 bridgehead atoms. The second kappa shape index (κ2) is 5.38. The Morgan fingerprint density at radius 2 is 2.24 bits per heavy atom. The number of nitrogens with one attached hydrogen (secondary N) is 1. The minimum absolute atomic E-state index is 0.0897. The first-order valence-electron chi connectivity index (χ1n) is 7.18. The Morgan fingerprint density at radius 1 is 1.41 bits per heavy atom. The van der Waals surface area contributed by atoms with Crippen molar-refractivity contribution in [3.05, 3.63) is 0 Å². The van der Waals surface area contributed by atoms with E-state index in [2.05, 4.69) is 24.1 Å². The lowest BCUT2D eigenvalue weighted by Crippen LogP contribution is -2.45. The zero-order valence-electron chi connectivity index (χ0n) is 11.3. The highest BCUT2D eigenvalue weighted by molar-refractivity contribution is 5.83. The summed E-state index contributed by atoms with van der Waals surface area (Å²) in [5, 5.41) is 3.36. The Labute approximate surface area is 105 Å². The highest BCUT2D eigenvalue weighted by Gasteiger charge is 2.42. The molecule has 98 valence electrons. The van der Waals surface area contributed by atoms with Crippen LogP contribution in [0.1, 0.15) is 46.0 Å². The monoisotopic (exact) mass is 238 g/mol. The summed E-state index contributed by atoms with van der Waals surface area (Å²) in [7, 11) is 0. The van der Waals surface area contributed by atoms with Gasteiger partial charge in [-0.3, -0.25) is 4.79 Å². The topological polar surface area (TPSA) is 32.3 Å². The molecule has 0 aromatic heterocycles. The minimum Gasteiger partial charge on any atom is -0.342 e. The SMILES string of the molecule is CCC1(C(=O)N2CCCC(C)CC2)CCNC1.